The van der Waals surface area contributed by atoms with E-state index in [0.29, 0.717) is 11.3 Å². The molecule has 0 saturated heterocycles. The summed E-state index contributed by atoms with van der Waals surface area (Å²) in [6.07, 6.45) is -4.64. The van der Waals surface area contributed by atoms with Gasteiger partial charge in [0.05, 0.1) is 23.9 Å². The fourth-order valence-corrected chi connectivity index (χ4v) is 2.53. The van der Waals surface area contributed by atoms with Gasteiger partial charge in [0.15, 0.2) is 5.82 Å². The minimum Gasteiger partial charge on any atom is -0.486 e. The average molecular weight is 413 g/mol. The summed E-state index contributed by atoms with van der Waals surface area (Å²) in [6, 6.07) is 9.30. The summed E-state index contributed by atoms with van der Waals surface area (Å²) >= 11 is 5.69. The number of tetrazole rings is 1. The van der Waals surface area contributed by atoms with Gasteiger partial charge in [0.25, 0.3) is 0 Å². The maximum atomic E-state index is 13.3. The monoisotopic (exact) mass is 412 g/mol. The van der Waals surface area contributed by atoms with Gasteiger partial charge < -0.3 is 9.47 Å². The Balaban J connectivity index is 1.83. The van der Waals surface area contributed by atoms with Crippen molar-refractivity contribution in [2.75, 3.05) is 7.11 Å². The van der Waals surface area contributed by atoms with E-state index in [4.69, 9.17) is 16.3 Å². The van der Waals surface area contributed by atoms with E-state index in [9.17, 15) is 18.0 Å². The number of nitrogens with zero attached hydrogens (tertiary/aromatic N) is 4. The molecule has 0 atom stereocenters. The number of alkyl halides is 3. The highest BCUT2D eigenvalue weighted by atomic mass is 35.5. The Morgan fingerprint density at radius 2 is 1.89 bits per heavy atom. The Kier molecular flexibility index (Phi) is 5.50. The van der Waals surface area contributed by atoms with E-state index in [0.717, 1.165) is 10.7 Å². The summed E-state index contributed by atoms with van der Waals surface area (Å²) in [4.78, 5) is 11.4. The Bertz CT molecular complexity index is 990. The first-order valence-corrected chi connectivity index (χ1v) is 8.13. The first-order chi connectivity index (χ1) is 13.3. The number of rotatable bonds is 5. The molecule has 0 bridgehead atoms. The van der Waals surface area contributed by atoms with Crippen LogP contribution in [0.25, 0.3) is 5.69 Å². The molecule has 1 aromatic heterocycles. The van der Waals surface area contributed by atoms with Crippen molar-refractivity contribution in [2.45, 2.75) is 12.8 Å². The van der Waals surface area contributed by atoms with Gasteiger partial charge in [0, 0.05) is 5.02 Å². The van der Waals surface area contributed by atoms with Gasteiger partial charge in [-0.3, -0.25) is 0 Å². The number of methoxy groups -OCH3 is 1. The van der Waals surface area contributed by atoms with E-state index in [-0.39, 0.29) is 23.1 Å². The Labute approximate surface area is 161 Å². The molecule has 2 aromatic carbocycles. The van der Waals surface area contributed by atoms with Crippen molar-refractivity contribution in [2.24, 2.45) is 0 Å². The largest absolute Gasteiger partial charge is 0.486 e. The average Bonchev–Trinajstić information content (AvgIpc) is 3.14. The van der Waals surface area contributed by atoms with Crippen molar-refractivity contribution in [1.29, 1.82) is 0 Å². The summed E-state index contributed by atoms with van der Waals surface area (Å²) in [6.45, 7) is -0.204. The van der Waals surface area contributed by atoms with Gasteiger partial charge in [-0.2, -0.15) is 17.9 Å². The van der Waals surface area contributed by atoms with Crippen LogP contribution in [-0.4, -0.2) is 33.3 Å². The molecular formula is C17H12ClF3N4O3. The number of esters is 1. The van der Waals surface area contributed by atoms with Crippen molar-refractivity contribution in [3.63, 3.8) is 0 Å². The number of carbonyl (C=O) groups is 1. The van der Waals surface area contributed by atoms with Crippen LogP contribution in [0.2, 0.25) is 5.02 Å². The number of aromatic nitrogens is 4. The van der Waals surface area contributed by atoms with Gasteiger partial charge in [-0.15, -0.1) is 5.10 Å². The van der Waals surface area contributed by atoms with Crippen molar-refractivity contribution >= 4 is 17.6 Å². The normalized spacial score (nSPS) is 11.3. The summed E-state index contributed by atoms with van der Waals surface area (Å²) in [5, 5.41) is 10.7. The van der Waals surface area contributed by atoms with Gasteiger partial charge in [-0.05, 0) is 52.9 Å². The molecule has 7 nitrogen and oxygen atoms in total. The van der Waals surface area contributed by atoms with E-state index < -0.39 is 17.7 Å². The number of benzene rings is 2. The zero-order valence-electron chi connectivity index (χ0n) is 14.3. The van der Waals surface area contributed by atoms with Crippen LogP contribution < -0.4 is 4.74 Å². The molecule has 0 radical (unpaired) electrons. The van der Waals surface area contributed by atoms with Gasteiger partial charge in [0.1, 0.15) is 12.4 Å². The van der Waals surface area contributed by atoms with Crippen molar-refractivity contribution in [1.82, 2.24) is 20.2 Å². The second-order valence-corrected chi connectivity index (χ2v) is 5.91. The zero-order chi connectivity index (χ0) is 20.3. The molecule has 0 aliphatic rings. The molecule has 28 heavy (non-hydrogen) atoms. The summed E-state index contributed by atoms with van der Waals surface area (Å²) in [5.74, 6) is -0.0860. The standard InChI is InChI=1S/C17H12ClF3N4O3/c1-27-16(26)10-2-5-12(6-3-10)28-9-15-22-23-24-25(15)14-7-4-11(18)8-13(14)17(19,20)21/h2-8H,9H2,1H3. The van der Waals surface area contributed by atoms with E-state index in [2.05, 4.69) is 20.3 Å². The highest BCUT2D eigenvalue weighted by Gasteiger charge is 2.35. The van der Waals surface area contributed by atoms with Gasteiger partial charge in [0.2, 0.25) is 0 Å². The highest BCUT2D eigenvalue weighted by Crippen LogP contribution is 2.35. The zero-order valence-corrected chi connectivity index (χ0v) is 15.0. The maximum Gasteiger partial charge on any atom is 0.418 e. The smallest absolute Gasteiger partial charge is 0.418 e. The predicted molar refractivity (Wildman–Crippen MR) is 91.3 cm³/mol. The number of halogens is 4. The third-order valence-corrected chi connectivity index (χ3v) is 3.90. The number of hydrogen-bond donors (Lipinski definition) is 0. The lowest BCUT2D eigenvalue weighted by atomic mass is 10.1. The second-order valence-electron chi connectivity index (χ2n) is 5.47. The van der Waals surface area contributed by atoms with Crippen molar-refractivity contribution < 1.29 is 27.4 Å². The van der Waals surface area contributed by atoms with Crippen LogP contribution in [0.4, 0.5) is 13.2 Å². The Morgan fingerprint density at radius 1 is 1.18 bits per heavy atom. The van der Waals surface area contributed by atoms with Crippen molar-refractivity contribution in [3.8, 4) is 11.4 Å². The van der Waals surface area contributed by atoms with E-state index >= 15 is 0 Å². The summed E-state index contributed by atoms with van der Waals surface area (Å²) in [5.41, 5.74) is -0.923. The summed E-state index contributed by atoms with van der Waals surface area (Å²) in [7, 11) is 1.26. The van der Waals surface area contributed by atoms with Crippen LogP contribution in [0.3, 0.4) is 0 Å². The predicted octanol–water partition coefficient (Wildman–Crippen LogP) is 3.70. The summed E-state index contributed by atoms with van der Waals surface area (Å²) < 4.78 is 51.0. The maximum absolute atomic E-state index is 13.3. The molecule has 0 aliphatic carbocycles. The fraction of sp³-hybridized carbons (Fsp3) is 0.176. The minimum absolute atomic E-state index is 0.0462. The molecule has 0 aliphatic heterocycles. The number of ether oxygens (including phenoxy) is 2. The molecule has 0 fully saturated rings. The Hall–Kier alpha value is -3.14. The van der Waals surface area contributed by atoms with Crippen LogP contribution >= 0.6 is 11.6 Å². The molecule has 1 heterocycles. The molecule has 0 saturated carbocycles. The molecule has 3 rings (SSSR count). The number of carbonyl (C=O) groups excluding carboxylic acids is 1. The van der Waals surface area contributed by atoms with E-state index in [1.807, 2.05) is 0 Å². The lowest BCUT2D eigenvalue weighted by Gasteiger charge is -2.14. The molecule has 146 valence electrons. The van der Waals surface area contributed by atoms with E-state index in [1.54, 1.807) is 0 Å². The van der Waals surface area contributed by atoms with Crippen LogP contribution in [0.5, 0.6) is 5.75 Å². The molecule has 0 amide bonds. The molecular weight excluding hydrogens is 401 g/mol. The van der Waals surface area contributed by atoms with Crippen LogP contribution in [0, 0.1) is 0 Å². The third kappa shape index (κ3) is 4.22. The molecule has 3 aromatic rings. The quantitative estimate of drug-likeness (QED) is 0.594. The SMILES string of the molecule is COC(=O)c1ccc(OCc2nnnn2-c2ccc(Cl)cc2C(F)(F)F)cc1. The van der Waals surface area contributed by atoms with Crippen LogP contribution in [0.1, 0.15) is 21.7 Å². The fourth-order valence-electron chi connectivity index (χ4n) is 2.36. The van der Waals surface area contributed by atoms with E-state index in [1.165, 1.54) is 43.5 Å². The van der Waals surface area contributed by atoms with Gasteiger partial charge in [-0.25, -0.2) is 4.79 Å². The van der Waals surface area contributed by atoms with Crippen LogP contribution in [-0.2, 0) is 17.5 Å². The molecule has 0 unspecified atom stereocenters. The second kappa shape index (κ2) is 7.85. The third-order valence-electron chi connectivity index (χ3n) is 3.67. The first kappa shape index (κ1) is 19.6. The lowest BCUT2D eigenvalue weighted by molar-refractivity contribution is -0.137. The molecule has 0 N–H and O–H groups in total. The van der Waals surface area contributed by atoms with Gasteiger partial charge in [-0.1, -0.05) is 11.6 Å². The molecule has 11 heteroatoms. The topological polar surface area (TPSA) is 79.1 Å². The molecule has 0 spiro atoms. The number of hydrogen-bond acceptors (Lipinski definition) is 6. The first-order valence-electron chi connectivity index (χ1n) is 7.75. The van der Waals surface area contributed by atoms with Crippen molar-refractivity contribution in [3.05, 3.63) is 64.4 Å². The highest BCUT2D eigenvalue weighted by molar-refractivity contribution is 6.30. The lowest BCUT2D eigenvalue weighted by Crippen LogP contribution is -2.14. The van der Waals surface area contributed by atoms with Gasteiger partial charge >= 0.3 is 12.1 Å². The Morgan fingerprint density at radius 3 is 2.54 bits per heavy atom. The van der Waals surface area contributed by atoms with Crippen LogP contribution in [0.15, 0.2) is 42.5 Å². The minimum atomic E-state index is -4.64.